The Bertz CT molecular complexity index is 991. The molecule has 0 saturated heterocycles. The minimum atomic E-state index is 0.0208. The van der Waals surface area contributed by atoms with Crippen molar-refractivity contribution >= 4 is 28.6 Å². The zero-order valence-corrected chi connectivity index (χ0v) is 18.0. The van der Waals surface area contributed by atoms with Crippen molar-refractivity contribution in [1.82, 2.24) is 10.3 Å². The van der Waals surface area contributed by atoms with Gasteiger partial charge in [0.1, 0.15) is 5.03 Å². The van der Waals surface area contributed by atoms with Crippen LogP contribution < -0.4 is 5.32 Å². The van der Waals surface area contributed by atoms with E-state index in [1.165, 1.54) is 24.8 Å². The second-order valence-electron chi connectivity index (χ2n) is 8.16. The summed E-state index contributed by atoms with van der Waals surface area (Å²) in [5.74, 6) is 0.537. The minimum Gasteiger partial charge on any atom is -0.349 e. The van der Waals surface area contributed by atoms with Gasteiger partial charge in [0.05, 0.1) is 11.1 Å². The second kappa shape index (κ2) is 9.00. The highest BCUT2D eigenvalue weighted by molar-refractivity contribution is 7.99. The lowest BCUT2D eigenvalue weighted by atomic mass is 9.95. The quantitative estimate of drug-likeness (QED) is 0.523. The molecule has 1 fully saturated rings. The molecule has 1 aliphatic carbocycles. The van der Waals surface area contributed by atoms with Crippen LogP contribution in [0.15, 0.2) is 64.5 Å². The molecular formula is C25H28N2OS. The summed E-state index contributed by atoms with van der Waals surface area (Å²) in [5, 5.41) is 5.04. The van der Waals surface area contributed by atoms with E-state index in [9.17, 15) is 4.79 Å². The van der Waals surface area contributed by atoms with Crippen molar-refractivity contribution in [2.45, 2.75) is 67.8 Å². The van der Waals surface area contributed by atoms with Crippen LogP contribution in [0.2, 0.25) is 0 Å². The molecule has 3 aromatic rings. The summed E-state index contributed by atoms with van der Waals surface area (Å²) in [7, 11) is 0. The highest BCUT2D eigenvalue weighted by Gasteiger charge is 2.19. The average Bonchev–Trinajstić information content (AvgIpc) is 2.74. The number of hydrogen-bond acceptors (Lipinski definition) is 3. The first-order chi connectivity index (χ1) is 14.1. The third-order valence-electron chi connectivity index (χ3n) is 5.65. The van der Waals surface area contributed by atoms with E-state index < -0.39 is 0 Å². The minimum absolute atomic E-state index is 0.0208. The van der Waals surface area contributed by atoms with Crippen molar-refractivity contribution in [3.8, 4) is 0 Å². The molecule has 4 rings (SSSR count). The Morgan fingerprint density at radius 3 is 2.48 bits per heavy atom. The lowest BCUT2D eigenvalue weighted by molar-refractivity contribution is 0.0929. The van der Waals surface area contributed by atoms with Crippen molar-refractivity contribution in [2.24, 2.45) is 0 Å². The lowest BCUT2D eigenvalue weighted by Gasteiger charge is -2.23. The normalized spacial score (nSPS) is 15.0. The van der Waals surface area contributed by atoms with Gasteiger partial charge in [-0.1, -0.05) is 75.2 Å². The number of benzene rings is 2. The number of amides is 1. The van der Waals surface area contributed by atoms with Crippen molar-refractivity contribution < 1.29 is 4.79 Å². The second-order valence-corrected chi connectivity index (χ2v) is 9.25. The van der Waals surface area contributed by atoms with Gasteiger partial charge in [-0.15, -0.1) is 0 Å². The molecule has 1 N–H and O–H groups in total. The summed E-state index contributed by atoms with van der Waals surface area (Å²) < 4.78 is 0. The van der Waals surface area contributed by atoms with Crippen LogP contribution in [0.1, 0.15) is 67.8 Å². The largest absolute Gasteiger partial charge is 0.349 e. The molecule has 0 bridgehead atoms. The summed E-state index contributed by atoms with van der Waals surface area (Å²) in [6.45, 7) is 4.40. The maximum Gasteiger partial charge on any atom is 0.252 e. The van der Waals surface area contributed by atoms with Crippen LogP contribution in [-0.4, -0.2) is 16.9 Å². The molecule has 0 radical (unpaired) electrons. The van der Waals surface area contributed by atoms with Crippen LogP contribution in [-0.2, 0) is 0 Å². The standard InChI is InChI=1S/C25H28N2OS/c1-17(2)18-12-14-20(15-13-18)29-24-16-22(21-10-6-7-11-23(21)27-24)25(28)26-19-8-4-3-5-9-19/h6-7,10-17,19H,3-5,8-9H2,1-2H3,(H,26,28). The lowest BCUT2D eigenvalue weighted by Crippen LogP contribution is -2.36. The Morgan fingerprint density at radius 1 is 1.03 bits per heavy atom. The summed E-state index contributed by atoms with van der Waals surface area (Å²) in [5.41, 5.74) is 2.92. The Hall–Kier alpha value is -2.33. The molecule has 1 amide bonds. The molecule has 29 heavy (non-hydrogen) atoms. The first kappa shape index (κ1) is 20.0. The molecular weight excluding hydrogens is 376 g/mol. The molecule has 1 saturated carbocycles. The molecule has 1 heterocycles. The van der Waals surface area contributed by atoms with E-state index in [1.807, 2.05) is 30.3 Å². The molecule has 0 atom stereocenters. The molecule has 1 aromatic heterocycles. The number of nitrogens with one attached hydrogen (secondary N) is 1. The third-order valence-corrected chi connectivity index (χ3v) is 6.57. The highest BCUT2D eigenvalue weighted by atomic mass is 32.2. The number of nitrogens with zero attached hydrogens (tertiary/aromatic N) is 1. The van der Waals surface area contributed by atoms with Gasteiger partial charge in [-0.05, 0) is 48.6 Å². The summed E-state index contributed by atoms with van der Waals surface area (Å²) in [4.78, 5) is 19.0. The van der Waals surface area contributed by atoms with Crippen molar-refractivity contribution in [3.05, 3.63) is 65.7 Å². The molecule has 1 aliphatic rings. The van der Waals surface area contributed by atoms with E-state index in [1.54, 1.807) is 11.8 Å². The molecule has 0 aliphatic heterocycles. The Labute approximate surface area is 177 Å². The number of carbonyl (C=O) groups excluding carboxylic acids is 1. The van der Waals surface area contributed by atoms with E-state index in [0.717, 1.165) is 39.2 Å². The van der Waals surface area contributed by atoms with Gasteiger partial charge in [-0.2, -0.15) is 0 Å². The first-order valence-corrected chi connectivity index (χ1v) is 11.4. The number of para-hydroxylation sites is 1. The van der Waals surface area contributed by atoms with E-state index in [0.29, 0.717) is 12.0 Å². The van der Waals surface area contributed by atoms with Crippen LogP contribution in [0.3, 0.4) is 0 Å². The topological polar surface area (TPSA) is 42.0 Å². The fourth-order valence-electron chi connectivity index (χ4n) is 3.94. The number of fused-ring (bicyclic) bond motifs is 1. The van der Waals surface area contributed by atoms with Gasteiger partial charge in [0.15, 0.2) is 0 Å². The van der Waals surface area contributed by atoms with Crippen molar-refractivity contribution in [2.75, 3.05) is 0 Å². The van der Waals surface area contributed by atoms with Crippen molar-refractivity contribution in [3.63, 3.8) is 0 Å². The zero-order chi connectivity index (χ0) is 20.2. The maximum atomic E-state index is 13.1. The summed E-state index contributed by atoms with van der Waals surface area (Å²) >= 11 is 1.61. The fraction of sp³-hybridized carbons (Fsp3) is 0.360. The molecule has 3 nitrogen and oxygen atoms in total. The van der Waals surface area contributed by atoms with E-state index in [-0.39, 0.29) is 5.91 Å². The number of pyridine rings is 1. The van der Waals surface area contributed by atoms with E-state index in [2.05, 4.69) is 43.4 Å². The first-order valence-electron chi connectivity index (χ1n) is 10.6. The van der Waals surface area contributed by atoms with Gasteiger partial charge >= 0.3 is 0 Å². The van der Waals surface area contributed by atoms with Gasteiger partial charge in [-0.25, -0.2) is 4.98 Å². The van der Waals surface area contributed by atoms with Gasteiger partial charge in [-0.3, -0.25) is 4.79 Å². The van der Waals surface area contributed by atoms with Gasteiger partial charge < -0.3 is 5.32 Å². The SMILES string of the molecule is CC(C)c1ccc(Sc2cc(C(=O)NC3CCCCC3)c3ccccc3n2)cc1. The highest BCUT2D eigenvalue weighted by Crippen LogP contribution is 2.31. The Balaban J connectivity index is 1.62. The maximum absolute atomic E-state index is 13.1. The van der Waals surface area contributed by atoms with Crippen LogP contribution in [0.4, 0.5) is 0 Å². The van der Waals surface area contributed by atoms with Crippen LogP contribution >= 0.6 is 11.8 Å². The summed E-state index contributed by atoms with van der Waals surface area (Å²) in [6, 6.07) is 18.8. The fourth-order valence-corrected chi connectivity index (χ4v) is 4.78. The summed E-state index contributed by atoms with van der Waals surface area (Å²) in [6.07, 6.45) is 5.85. The smallest absolute Gasteiger partial charge is 0.252 e. The monoisotopic (exact) mass is 404 g/mol. The number of rotatable bonds is 5. The zero-order valence-electron chi connectivity index (χ0n) is 17.2. The molecule has 4 heteroatoms. The molecule has 0 spiro atoms. The van der Waals surface area contributed by atoms with Gasteiger partial charge in [0.25, 0.3) is 5.91 Å². The predicted octanol–water partition coefficient (Wildman–Crippen LogP) is 6.57. The Kier molecular flexibility index (Phi) is 6.19. The Morgan fingerprint density at radius 2 is 1.76 bits per heavy atom. The van der Waals surface area contributed by atoms with E-state index in [4.69, 9.17) is 4.98 Å². The predicted molar refractivity (Wildman–Crippen MR) is 121 cm³/mol. The average molecular weight is 405 g/mol. The molecule has 150 valence electrons. The van der Waals surface area contributed by atoms with Gasteiger partial charge in [0.2, 0.25) is 0 Å². The molecule has 0 unspecified atom stereocenters. The number of hydrogen-bond donors (Lipinski definition) is 1. The van der Waals surface area contributed by atoms with Gasteiger partial charge in [0, 0.05) is 16.3 Å². The van der Waals surface area contributed by atoms with Crippen LogP contribution in [0.5, 0.6) is 0 Å². The van der Waals surface area contributed by atoms with E-state index >= 15 is 0 Å². The third kappa shape index (κ3) is 4.81. The number of carbonyl (C=O) groups is 1. The van der Waals surface area contributed by atoms with Crippen molar-refractivity contribution in [1.29, 1.82) is 0 Å². The number of aromatic nitrogens is 1. The van der Waals surface area contributed by atoms with Crippen LogP contribution in [0.25, 0.3) is 10.9 Å². The van der Waals surface area contributed by atoms with Crippen LogP contribution in [0, 0.1) is 0 Å². The molecule has 2 aromatic carbocycles.